The van der Waals surface area contributed by atoms with Crippen LogP contribution in [0.3, 0.4) is 0 Å². The van der Waals surface area contributed by atoms with Crippen molar-refractivity contribution in [2.45, 2.75) is 45.6 Å². The zero-order valence-corrected chi connectivity index (χ0v) is 26.3. The smallest absolute Gasteiger partial charge is 0.412 e. The maximum absolute atomic E-state index is 13.2. The average Bonchev–Trinajstić information content (AvgIpc) is 3.59. The van der Waals surface area contributed by atoms with Crippen molar-refractivity contribution in [1.82, 2.24) is 20.1 Å². The van der Waals surface area contributed by atoms with Gasteiger partial charge in [-0.15, -0.1) is 11.3 Å². The van der Waals surface area contributed by atoms with Crippen LogP contribution in [0.1, 0.15) is 42.4 Å². The normalized spacial score (nSPS) is 14.2. The average molecular weight is 623 g/mol. The third kappa shape index (κ3) is 9.99. The number of ether oxygens (including phenoxy) is 3. The second-order valence-electron chi connectivity index (χ2n) is 11.3. The largest absolute Gasteiger partial charge is 0.457 e. The molecule has 0 bridgehead atoms. The minimum Gasteiger partial charge on any atom is -0.457 e. The monoisotopic (exact) mass is 622 g/mol. The number of aromatic nitrogens is 1. The van der Waals surface area contributed by atoms with Crippen molar-refractivity contribution < 1.29 is 28.6 Å². The van der Waals surface area contributed by atoms with Gasteiger partial charge in [0.25, 0.3) is 5.91 Å². The van der Waals surface area contributed by atoms with E-state index in [0.29, 0.717) is 30.9 Å². The minimum atomic E-state index is -0.653. The Hall–Kier alpha value is -4.62. The van der Waals surface area contributed by atoms with Crippen LogP contribution in [0.4, 0.5) is 21.0 Å². The van der Waals surface area contributed by atoms with E-state index in [1.807, 2.05) is 49.3 Å². The molecule has 234 valence electrons. The van der Waals surface area contributed by atoms with Gasteiger partial charge in [-0.3, -0.25) is 20.4 Å². The lowest BCUT2D eigenvalue weighted by Crippen LogP contribution is -2.42. The van der Waals surface area contributed by atoms with Crippen molar-refractivity contribution in [2.75, 3.05) is 37.8 Å². The van der Waals surface area contributed by atoms with Gasteiger partial charge in [-0.25, -0.2) is 9.59 Å². The van der Waals surface area contributed by atoms with E-state index in [9.17, 15) is 14.4 Å². The van der Waals surface area contributed by atoms with E-state index >= 15 is 0 Å². The molecule has 1 aliphatic heterocycles. The number of nitrogens with one attached hydrogen (secondary N) is 3. The lowest BCUT2D eigenvalue weighted by Gasteiger charge is -2.25. The number of hydrogen-bond acceptors (Lipinski definition) is 9. The first-order valence-corrected chi connectivity index (χ1v) is 15.0. The van der Waals surface area contributed by atoms with E-state index in [1.54, 1.807) is 54.8 Å². The zero-order valence-electron chi connectivity index (χ0n) is 25.5. The van der Waals surface area contributed by atoms with Gasteiger partial charge in [-0.1, -0.05) is 36.4 Å². The van der Waals surface area contributed by atoms with Crippen LogP contribution in [0, 0.1) is 0 Å². The number of carbonyl (C=O) groups is 3. The maximum atomic E-state index is 13.2. The summed E-state index contributed by atoms with van der Waals surface area (Å²) in [5.41, 5.74) is 2.18. The topological polar surface area (TPSA) is 134 Å². The Balaban J connectivity index is 1.33. The predicted octanol–water partition coefficient (Wildman–Crippen LogP) is 5.23. The van der Waals surface area contributed by atoms with Crippen LogP contribution in [-0.2, 0) is 27.2 Å². The molecule has 1 atom stereocenters. The lowest BCUT2D eigenvalue weighted by atomic mass is 10.1. The van der Waals surface area contributed by atoms with E-state index in [-0.39, 0.29) is 24.2 Å². The fourth-order valence-electron chi connectivity index (χ4n) is 4.01. The van der Waals surface area contributed by atoms with Crippen LogP contribution in [0.25, 0.3) is 0 Å². The number of hydrogen-bond donors (Lipinski definition) is 3. The van der Waals surface area contributed by atoms with Crippen molar-refractivity contribution in [3.05, 3.63) is 88.4 Å². The molecule has 1 aromatic carbocycles. The highest BCUT2D eigenvalue weighted by Gasteiger charge is 2.24. The first-order chi connectivity index (χ1) is 20.9. The molecule has 3 N–H and O–H groups in total. The van der Waals surface area contributed by atoms with Crippen molar-refractivity contribution in [1.29, 1.82) is 0 Å². The number of thiophene rings is 1. The molecular weight excluding hydrogens is 584 g/mol. The van der Waals surface area contributed by atoms with Crippen LogP contribution in [-0.4, -0.2) is 71.9 Å². The van der Waals surface area contributed by atoms with Crippen LogP contribution < -0.4 is 16.0 Å². The number of carbonyl (C=O) groups excluding carboxylic acids is 3. The molecule has 0 saturated carbocycles. The molecule has 1 aliphatic rings. The fourth-order valence-corrected chi connectivity index (χ4v) is 4.72. The van der Waals surface area contributed by atoms with Crippen molar-refractivity contribution in [2.24, 2.45) is 0 Å². The predicted molar refractivity (Wildman–Crippen MR) is 168 cm³/mol. The summed E-state index contributed by atoms with van der Waals surface area (Å²) in [6.07, 6.45) is 2.37. The molecule has 2 aromatic heterocycles. The van der Waals surface area contributed by atoms with Gasteiger partial charge in [0.05, 0.1) is 11.4 Å². The van der Waals surface area contributed by atoms with Gasteiger partial charge in [0, 0.05) is 43.0 Å². The van der Waals surface area contributed by atoms with Gasteiger partial charge in [-0.2, -0.15) is 0 Å². The Morgan fingerprint density at radius 2 is 1.68 bits per heavy atom. The SMILES string of the molecule is CN(C)CCN(Cc1ccc(C(=O)Nc2cscc2NC(=O)OC(C)(C)C)nc1)C(=O)NC1=COC(Cc2ccccc2)O1. The highest BCUT2D eigenvalue weighted by molar-refractivity contribution is 7.09. The second kappa shape index (κ2) is 14.7. The molecular formula is C31H38N6O6S. The van der Waals surface area contributed by atoms with Gasteiger partial charge in [-0.05, 0) is 52.1 Å². The highest BCUT2D eigenvalue weighted by Crippen LogP contribution is 2.27. The summed E-state index contributed by atoms with van der Waals surface area (Å²) >= 11 is 1.32. The molecule has 0 radical (unpaired) electrons. The van der Waals surface area contributed by atoms with E-state index < -0.39 is 23.9 Å². The number of rotatable bonds is 11. The van der Waals surface area contributed by atoms with E-state index in [0.717, 1.165) is 11.1 Å². The maximum Gasteiger partial charge on any atom is 0.412 e. The fraction of sp³-hybridized carbons (Fsp3) is 0.355. The third-order valence-corrected chi connectivity index (χ3v) is 6.89. The van der Waals surface area contributed by atoms with Gasteiger partial charge < -0.3 is 29.3 Å². The van der Waals surface area contributed by atoms with Crippen molar-refractivity contribution in [3.8, 4) is 0 Å². The van der Waals surface area contributed by atoms with Gasteiger partial charge in [0.2, 0.25) is 12.2 Å². The molecule has 44 heavy (non-hydrogen) atoms. The first-order valence-electron chi connectivity index (χ1n) is 14.0. The second-order valence-corrected chi connectivity index (χ2v) is 12.1. The number of likely N-dealkylation sites (N-methyl/N-ethyl adjacent to an activating group) is 1. The van der Waals surface area contributed by atoms with Crippen molar-refractivity contribution in [3.63, 3.8) is 0 Å². The Morgan fingerprint density at radius 3 is 2.34 bits per heavy atom. The van der Waals surface area contributed by atoms with Gasteiger partial charge >= 0.3 is 12.1 Å². The minimum absolute atomic E-state index is 0.179. The molecule has 1 unspecified atom stereocenters. The van der Waals surface area contributed by atoms with E-state index in [1.165, 1.54) is 17.6 Å². The highest BCUT2D eigenvalue weighted by atomic mass is 32.1. The first kappa shape index (κ1) is 32.3. The summed E-state index contributed by atoms with van der Waals surface area (Å²) in [5, 5.41) is 11.6. The Kier molecular flexibility index (Phi) is 10.8. The Labute approximate surface area is 261 Å². The van der Waals surface area contributed by atoms with Gasteiger partial charge in [0.15, 0.2) is 0 Å². The molecule has 3 aromatic rings. The molecule has 4 amide bonds. The summed E-state index contributed by atoms with van der Waals surface area (Å²) in [6, 6.07) is 12.8. The number of amides is 4. The number of anilines is 2. The molecule has 3 heterocycles. The number of benzene rings is 1. The quantitative estimate of drug-likeness (QED) is 0.265. The lowest BCUT2D eigenvalue weighted by molar-refractivity contribution is -0.0330. The van der Waals surface area contributed by atoms with Gasteiger partial charge in [0.1, 0.15) is 17.6 Å². The molecule has 13 heteroatoms. The molecule has 0 spiro atoms. The Bertz CT molecular complexity index is 1450. The molecule has 0 aliphatic carbocycles. The number of nitrogens with zero attached hydrogens (tertiary/aromatic N) is 3. The molecule has 12 nitrogen and oxygen atoms in total. The number of urea groups is 1. The summed E-state index contributed by atoms with van der Waals surface area (Å²) in [7, 11) is 3.86. The van der Waals surface area contributed by atoms with Crippen LogP contribution in [0.2, 0.25) is 0 Å². The molecule has 0 fully saturated rings. The summed E-state index contributed by atoms with van der Waals surface area (Å²) in [5.74, 6) is -0.204. The summed E-state index contributed by atoms with van der Waals surface area (Å²) in [6.45, 7) is 6.63. The summed E-state index contributed by atoms with van der Waals surface area (Å²) < 4.78 is 16.7. The van der Waals surface area contributed by atoms with E-state index in [4.69, 9.17) is 14.2 Å². The standard InChI is InChI=1S/C31H38N6O6S/c1-31(2,3)43-30(40)34-25-20-44-19-24(25)33-28(38)23-12-11-22(16-32-23)17-37(14-13-36(4)5)29(39)35-26-18-41-27(42-26)15-21-9-7-6-8-10-21/h6-12,16,18-20,27H,13-15,17H2,1-5H3,(H,33,38)(H,34,40)(H,35,39). The molecule has 4 rings (SSSR count). The van der Waals surface area contributed by atoms with Crippen LogP contribution in [0.15, 0.2) is 71.6 Å². The van der Waals surface area contributed by atoms with Crippen LogP contribution in [0.5, 0.6) is 0 Å². The van der Waals surface area contributed by atoms with E-state index in [2.05, 4.69) is 20.9 Å². The summed E-state index contributed by atoms with van der Waals surface area (Å²) in [4.78, 5) is 46.2. The zero-order chi connectivity index (χ0) is 31.7. The molecule has 0 saturated heterocycles. The number of pyridine rings is 1. The Morgan fingerprint density at radius 1 is 0.955 bits per heavy atom. The van der Waals surface area contributed by atoms with Crippen LogP contribution >= 0.6 is 11.3 Å². The third-order valence-electron chi connectivity index (χ3n) is 6.14. The van der Waals surface area contributed by atoms with Crippen molar-refractivity contribution >= 4 is 40.7 Å².